The summed E-state index contributed by atoms with van der Waals surface area (Å²) in [5.41, 5.74) is 4.48. The van der Waals surface area contributed by atoms with Crippen LogP contribution in [0.25, 0.3) is 0 Å². The Morgan fingerprint density at radius 3 is 3.08 bits per heavy atom. The third kappa shape index (κ3) is 1.25. The van der Waals surface area contributed by atoms with E-state index in [2.05, 4.69) is 37.4 Å². The smallest absolute Gasteiger partial charge is 0.0210 e. The molecule has 0 saturated carbocycles. The quantitative estimate of drug-likeness (QED) is 0.614. The number of hydrogen-bond donors (Lipinski definition) is 1. The van der Waals surface area contributed by atoms with Crippen LogP contribution in [0.2, 0.25) is 0 Å². The van der Waals surface area contributed by atoms with Gasteiger partial charge in [-0.05, 0) is 37.0 Å². The van der Waals surface area contributed by atoms with Crippen LogP contribution in [0.4, 0.5) is 0 Å². The topological polar surface area (TPSA) is 12.0 Å². The first-order valence-corrected chi connectivity index (χ1v) is 4.58. The van der Waals surface area contributed by atoms with E-state index in [1.54, 1.807) is 5.56 Å². The Bertz CT molecular complexity index is 291. The van der Waals surface area contributed by atoms with Crippen LogP contribution in [0.3, 0.4) is 0 Å². The second-order valence-corrected chi connectivity index (χ2v) is 3.70. The monoisotopic (exact) mass is 161 g/mol. The summed E-state index contributed by atoms with van der Waals surface area (Å²) in [6.07, 6.45) is 1.18. The van der Waals surface area contributed by atoms with E-state index in [4.69, 9.17) is 0 Å². The summed E-state index contributed by atoms with van der Waals surface area (Å²) in [4.78, 5) is 0. The van der Waals surface area contributed by atoms with Gasteiger partial charge in [-0.25, -0.2) is 0 Å². The van der Waals surface area contributed by atoms with Gasteiger partial charge in [0.2, 0.25) is 0 Å². The zero-order valence-electron chi connectivity index (χ0n) is 7.72. The van der Waals surface area contributed by atoms with Crippen LogP contribution < -0.4 is 5.32 Å². The van der Waals surface area contributed by atoms with Crippen LogP contribution >= 0.6 is 0 Å². The van der Waals surface area contributed by atoms with Crippen molar-refractivity contribution >= 4 is 0 Å². The third-order valence-corrected chi connectivity index (χ3v) is 2.66. The Balaban J connectivity index is 2.43. The molecule has 0 saturated heterocycles. The molecule has 0 radical (unpaired) electrons. The van der Waals surface area contributed by atoms with Crippen molar-refractivity contribution in [3.05, 3.63) is 34.9 Å². The van der Waals surface area contributed by atoms with Crippen LogP contribution in [-0.4, -0.2) is 6.04 Å². The van der Waals surface area contributed by atoms with Crippen LogP contribution in [0.5, 0.6) is 0 Å². The van der Waals surface area contributed by atoms with E-state index < -0.39 is 0 Å². The molecule has 0 fully saturated rings. The van der Waals surface area contributed by atoms with Gasteiger partial charge in [0.1, 0.15) is 0 Å². The average molecular weight is 161 g/mol. The summed E-state index contributed by atoms with van der Waals surface area (Å²) < 4.78 is 0. The number of benzene rings is 1. The lowest BCUT2D eigenvalue weighted by molar-refractivity contribution is 0.512. The SMILES string of the molecule is Cc1cccc2c1C[C@@H](C)NC2. The standard InChI is InChI=1S/C11H15N/c1-8-4-3-5-10-7-12-9(2)6-11(8)10/h3-5,9,12H,6-7H2,1-2H3/t9-/m1/s1. The molecule has 0 aliphatic carbocycles. The van der Waals surface area contributed by atoms with E-state index >= 15 is 0 Å². The molecule has 0 aromatic heterocycles. The second-order valence-electron chi connectivity index (χ2n) is 3.70. The van der Waals surface area contributed by atoms with Gasteiger partial charge in [0.25, 0.3) is 0 Å². The van der Waals surface area contributed by atoms with Crippen LogP contribution in [0, 0.1) is 6.92 Å². The molecule has 1 aliphatic rings. The van der Waals surface area contributed by atoms with Crippen LogP contribution in [0.1, 0.15) is 23.6 Å². The fourth-order valence-corrected chi connectivity index (χ4v) is 1.88. The molecular weight excluding hydrogens is 146 g/mol. The average Bonchev–Trinajstić information content (AvgIpc) is 2.07. The highest BCUT2D eigenvalue weighted by Gasteiger charge is 2.14. The van der Waals surface area contributed by atoms with Crippen molar-refractivity contribution in [1.29, 1.82) is 0 Å². The Hall–Kier alpha value is -0.820. The largest absolute Gasteiger partial charge is 0.310 e. The minimum Gasteiger partial charge on any atom is -0.310 e. The van der Waals surface area contributed by atoms with E-state index in [0.717, 1.165) is 6.54 Å². The summed E-state index contributed by atoms with van der Waals surface area (Å²) in [6, 6.07) is 7.21. The molecule has 0 spiro atoms. The zero-order valence-corrected chi connectivity index (χ0v) is 7.72. The minimum absolute atomic E-state index is 0.638. The van der Waals surface area contributed by atoms with Crippen molar-refractivity contribution in [2.75, 3.05) is 0 Å². The van der Waals surface area contributed by atoms with Gasteiger partial charge in [-0.2, -0.15) is 0 Å². The Morgan fingerprint density at radius 1 is 1.42 bits per heavy atom. The normalized spacial score (nSPS) is 22.0. The summed E-state index contributed by atoms with van der Waals surface area (Å²) in [5.74, 6) is 0. The zero-order chi connectivity index (χ0) is 8.55. The first-order chi connectivity index (χ1) is 5.77. The molecule has 12 heavy (non-hydrogen) atoms. The number of fused-ring (bicyclic) bond motifs is 1. The van der Waals surface area contributed by atoms with Gasteiger partial charge in [0.15, 0.2) is 0 Å². The van der Waals surface area contributed by atoms with Gasteiger partial charge >= 0.3 is 0 Å². The van der Waals surface area contributed by atoms with Gasteiger partial charge in [-0.1, -0.05) is 18.2 Å². The molecule has 1 N–H and O–H groups in total. The van der Waals surface area contributed by atoms with Crippen LogP contribution in [0.15, 0.2) is 18.2 Å². The highest BCUT2D eigenvalue weighted by molar-refractivity contribution is 5.36. The van der Waals surface area contributed by atoms with Crippen molar-refractivity contribution < 1.29 is 0 Å². The fraction of sp³-hybridized carbons (Fsp3) is 0.455. The molecule has 0 unspecified atom stereocenters. The molecule has 1 aromatic carbocycles. The highest BCUT2D eigenvalue weighted by atomic mass is 14.9. The van der Waals surface area contributed by atoms with Crippen LogP contribution in [-0.2, 0) is 13.0 Å². The maximum absolute atomic E-state index is 3.47. The molecule has 1 aromatic rings. The number of aryl methyl sites for hydroxylation is 1. The Morgan fingerprint density at radius 2 is 2.25 bits per heavy atom. The molecule has 0 bridgehead atoms. The van der Waals surface area contributed by atoms with Crippen molar-refractivity contribution in [1.82, 2.24) is 5.32 Å². The predicted molar refractivity (Wildman–Crippen MR) is 51.2 cm³/mol. The lowest BCUT2D eigenvalue weighted by Crippen LogP contribution is -2.33. The summed E-state index contributed by atoms with van der Waals surface area (Å²) in [5, 5.41) is 3.47. The van der Waals surface area contributed by atoms with E-state index in [1.165, 1.54) is 17.5 Å². The molecule has 64 valence electrons. The number of hydrogen-bond acceptors (Lipinski definition) is 1. The predicted octanol–water partition coefficient (Wildman–Crippen LogP) is 2.03. The van der Waals surface area contributed by atoms with Crippen molar-refractivity contribution in [3.63, 3.8) is 0 Å². The fourth-order valence-electron chi connectivity index (χ4n) is 1.88. The highest BCUT2D eigenvalue weighted by Crippen LogP contribution is 2.19. The second kappa shape index (κ2) is 2.91. The molecule has 0 amide bonds. The number of rotatable bonds is 0. The van der Waals surface area contributed by atoms with Gasteiger partial charge in [-0.3, -0.25) is 0 Å². The van der Waals surface area contributed by atoms with Crippen molar-refractivity contribution in [2.45, 2.75) is 32.9 Å². The van der Waals surface area contributed by atoms with Gasteiger partial charge in [0.05, 0.1) is 0 Å². The summed E-state index contributed by atoms with van der Waals surface area (Å²) in [6.45, 7) is 5.49. The van der Waals surface area contributed by atoms with E-state index in [9.17, 15) is 0 Å². The lowest BCUT2D eigenvalue weighted by atomic mass is 9.93. The molecule has 1 atom stereocenters. The van der Waals surface area contributed by atoms with Crippen molar-refractivity contribution in [2.24, 2.45) is 0 Å². The van der Waals surface area contributed by atoms with E-state index in [1.807, 2.05) is 0 Å². The maximum Gasteiger partial charge on any atom is 0.0210 e. The molecule has 1 heterocycles. The molecule has 2 rings (SSSR count). The molecule has 1 heteroatoms. The summed E-state index contributed by atoms with van der Waals surface area (Å²) >= 11 is 0. The van der Waals surface area contributed by atoms with Gasteiger partial charge < -0.3 is 5.32 Å². The first-order valence-electron chi connectivity index (χ1n) is 4.58. The lowest BCUT2D eigenvalue weighted by Gasteiger charge is -2.24. The minimum atomic E-state index is 0.638. The van der Waals surface area contributed by atoms with Gasteiger partial charge in [-0.15, -0.1) is 0 Å². The summed E-state index contributed by atoms with van der Waals surface area (Å²) in [7, 11) is 0. The van der Waals surface area contributed by atoms with E-state index in [0.29, 0.717) is 6.04 Å². The van der Waals surface area contributed by atoms with Crippen molar-refractivity contribution in [3.8, 4) is 0 Å². The third-order valence-electron chi connectivity index (χ3n) is 2.66. The molecule has 1 nitrogen and oxygen atoms in total. The maximum atomic E-state index is 3.47. The molecule has 1 aliphatic heterocycles. The first kappa shape index (κ1) is 7.81. The Kier molecular flexibility index (Phi) is 1.89. The van der Waals surface area contributed by atoms with Gasteiger partial charge in [0, 0.05) is 12.6 Å². The number of nitrogens with one attached hydrogen (secondary N) is 1. The Labute approximate surface area is 73.8 Å². The molecular formula is C11H15N. The van der Waals surface area contributed by atoms with E-state index in [-0.39, 0.29) is 0 Å².